The standard InChI is InChI=1S/C25H16.3C4H11N.4C2H6/c1-5-13-21-17(9-1)18-10-2-6-14-22(18)25(21)23-15-7-3-11-19(23)20-12-4-8-16-24(20)25;3*1-4-5(2)3;4*1-2/h1-16H;3*4H2,1-3H3;4*1-2H3. The molecule has 0 heterocycles. The average molecular weight is 656 g/mol. The van der Waals surface area contributed by atoms with Crippen LogP contribution in [0.2, 0.25) is 0 Å². The number of fused-ring (bicyclic) bond motifs is 10. The third-order valence-electron chi connectivity index (χ3n) is 7.80. The van der Waals surface area contributed by atoms with Gasteiger partial charge in [-0.05, 0) is 106 Å². The lowest BCUT2D eigenvalue weighted by Crippen LogP contribution is -2.25. The van der Waals surface area contributed by atoms with E-state index in [1.165, 1.54) is 44.5 Å². The number of nitrogens with zero attached hydrogens (tertiary/aromatic N) is 3. The van der Waals surface area contributed by atoms with E-state index in [2.05, 4.69) is 175 Å². The summed E-state index contributed by atoms with van der Waals surface area (Å²) in [6.07, 6.45) is 0. The summed E-state index contributed by atoms with van der Waals surface area (Å²) in [4.78, 5) is 6.38. The Morgan fingerprint density at radius 3 is 0.625 bits per heavy atom. The minimum atomic E-state index is -0.180. The Morgan fingerprint density at radius 1 is 0.333 bits per heavy atom. The zero-order valence-corrected chi connectivity index (χ0v) is 34.2. The van der Waals surface area contributed by atoms with E-state index in [1.54, 1.807) is 0 Å². The number of rotatable bonds is 3. The van der Waals surface area contributed by atoms with Crippen LogP contribution in [-0.2, 0) is 5.41 Å². The van der Waals surface area contributed by atoms with Crippen LogP contribution < -0.4 is 0 Å². The third kappa shape index (κ3) is 12.0. The molecule has 0 N–H and O–H groups in total. The maximum absolute atomic E-state index is 2.31. The van der Waals surface area contributed by atoms with Crippen LogP contribution in [-0.4, -0.2) is 76.6 Å². The van der Waals surface area contributed by atoms with Crippen molar-refractivity contribution in [2.75, 3.05) is 61.9 Å². The smallest absolute Gasteiger partial charge is 0.0725 e. The topological polar surface area (TPSA) is 9.72 Å². The van der Waals surface area contributed by atoms with E-state index < -0.39 is 0 Å². The Morgan fingerprint density at radius 2 is 0.479 bits per heavy atom. The predicted molar refractivity (Wildman–Crippen MR) is 221 cm³/mol. The molecule has 48 heavy (non-hydrogen) atoms. The summed E-state index contributed by atoms with van der Waals surface area (Å²) in [6.45, 7) is 25.8. The molecule has 0 unspecified atom stereocenters. The predicted octanol–water partition coefficient (Wildman–Crippen LogP) is 11.8. The Labute approximate surface area is 299 Å². The van der Waals surface area contributed by atoms with Crippen LogP contribution in [0.4, 0.5) is 0 Å². The van der Waals surface area contributed by atoms with Gasteiger partial charge in [-0.1, -0.05) is 173 Å². The first kappa shape index (κ1) is 46.9. The van der Waals surface area contributed by atoms with Gasteiger partial charge in [0, 0.05) is 0 Å². The molecule has 4 aromatic rings. The highest BCUT2D eigenvalue weighted by molar-refractivity contribution is 5.94. The Hall–Kier alpha value is -3.24. The molecule has 0 saturated carbocycles. The van der Waals surface area contributed by atoms with Crippen molar-refractivity contribution in [1.29, 1.82) is 0 Å². The molecule has 2 aliphatic rings. The van der Waals surface area contributed by atoms with Gasteiger partial charge in [-0.2, -0.15) is 0 Å². The number of benzene rings is 4. The second-order valence-corrected chi connectivity index (χ2v) is 11.1. The average Bonchev–Trinajstić information content (AvgIpc) is 3.63. The summed E-state index contributed by atoms with van der Waals surface area (Å²) in [5, 5.41) is 0. The monoisotopic (exact) mass is 656 g/mol. The first-order valence-corrected chi connectivity index (χ1v) is 18.6. The second kappa shape index (κ2) is 26.7. The van der Waals surface area contributed by atoms with Crippen molar-refractivity contribution >= 4 is 0 Å². The van der Waals surface area contributed by atoms with E-state index in [0.29, 0.717) is 0 Å². The molecule has 268 valence electrons. The van der Waals surface area contributed by atoms with Gasteiger partial charge >= 0.3 is 0 Å². The molecule has 6 rings (SSSR count). The Balaban J connectivity index is 0. The van der Waals surface area contributed by atoms with Gasteiger partial charge in [0.25, 0.3) is 0 Å². The fourth-order valence-corrected chi connectivity index (χ4v) is 5.05. The number of hydrogen-bond acceptors (Lipinski definition) is 3. The first-order valence-electron chi connectivity index (χ1n) is 18.6. The molecular weight excluding hydrogens is 583 g/mol. The molecule has 3 heteroatoms. The third-order valence-corrected chi connectivity index (χ3v) is 7.80. The molecule has 3 nitrogen and oxygen atoms in total. The molecule has 4 aromatic carbocycles. The van der Waals surface area contributed by atoms with Crippen molar-refractivity contribution in [2.24, 2.45) is 0 Å². The van der Waals surface area contributed by atoms with E-state index >= 15 is 0 Å². The molecule has 0 radical (unpaired) electrons. The summed E-state index contributed by atoms with van der Waals surface area (Å²) in [5.74, 6) is 0. The minimum Gasteiger partial charge on any atom is -0.310 e. The zero-order valence-electron chi connectivity index (χ0n) is 34.2. The van der Waals surface area contributed by atoms with Crippen LogP contribution in [0.5, 0.6) is 0 Å². The van der Waals surface area contributed by atoms with E-state index in [9.17, 15) is 0 Å². The van der Waals surface area contributed by atoms with Crippen molar-refractivity contribution in [1.82, 2.24) is 14.7 Å². The molecule has 0 aromatic heterocycles. The highest BCUT2D eigenvalue weighted by Crippen LogP contribution is 2.62. The summed E-state index contributed by atoms with van der Waals surface area (Å²) >= 11 is 0. The van der Waals surface area contributed by atoms with E-state index in [0.717, 1.165) is 19.6 Å². The van der Waals surface area contributed by atoms with Crippen molar-refractivity contribution < 1.29 is 0 Å². The lowest BCUT2D eigenvalue weighted by atomic mass is 9.70. The molecule has 0 amide bonds. The number of hydrogen-bond donors (Lipinski definition) is 0. The van der Waals surface area contributed by atoms with Gasteiger partial charge < -0.3 is 14.7 Å². The fourth-order valence-electron chi connectivity index (χ4n) is 5.05. The van der Waals surface area contributed by atoms with E-state index in [4.69, 9.17) is 0 Å². The summed E-state index contributed by atoms with van der Waals surface area (Å²) in [5.41, 5.74) is 10.9. The maximum Gasteiger partial charge on any atom is 0.0725 e. The van der Waals surface area contributed by atoms with Crippen LogP contribution in [0.15, 0.2) is 97.1 Å². The summed E-state index contributed by atoms with van der Waals surface area (Å²) in [6, 6.07) is 35.7. The molecule has 0 bridgehead atoms. The normalized spacial score (nSPS) is 11.2. The van der Waals surface area contributed by atoms with E-state index in [-0.39, 0.29) is 5.41 Å². The molecule has 2 aliphatic carbocycles. The maximum atomic E-state index is 2.31. The molecule has 0 saturated heterocycles. The highest BCUT2D eigenvalue weighted by atomic mass is 15.0. The van der Waals surface area contributed by atoms with Gasteiger partial charge in [0.15, 0.2) is 0 Å². The summed E-state index contributed by atoms with van der Waals surface area (Å²) in [7, 11) is 12.3. The van der Waals surface area contributed by atoms with E-state index in [1.807, 2.05) is 55.4 Å². The second-order valence-electron chi connectivity index (χ2n) is 11.1. The molecule has 0 aliphatic heterocycles. The van der Waals surface area contributed by atoms with Gasteiger partial charge in [-0.15, -0.1) is 0 Å². The van der Waals surface area contributed by atoms with Crippen molar-refractivity contribution in [2.45, 2.75) is 81.6 Å². The van der Waals surface area contributed by atoms with Crippen molar-refractivity contribution in [3.05, 3.63) is 119 Å². The first-order chi connectivity index (χ1) is 23.2. The van der Waals surface area contributed by atoms with Crippen LogP contribution in [0.25, 0.3) is 22.3 Å². The minimum absolute atomic E-state index is 0.180. The highest BCUT2D eigenvalue weighted by Gasteiger charge is 2.51. The quantitative estimate of drug-likeness (QED) is 0.188. The van der Waals surface area contributed by atoms with Gasteiger partial charge in [0.2, 0.25) is 0 Å². The van der Waals surface area contributed by atoms with Crippen LogP contribution in [0.1, 0.15) is 98.4 Å². The lowest BCUT2D eigenvalue weighted by molar-refractivity contribution is 0.434. The fraction of sp³-hybridized carbons (Fsp3) is 0.467. The van der Waals surface area contributed by atoms with Crippen LogP contribution in [0.3, 0.4) is 0 Å². The van der Waals surface area contributed by atoms with Gasteiger partial charge in [0.05, 0.1) is 5.41 Å². The SMILES string of the molecule is CC.CC.CC.CC.CCN(C)C.CCN(C)C.CCN(C)C.c1ccc2c(c1)-c1ccccc1C21c2ccccc2-c2ccccc21. The van der Waals surface area contributed by atoms with Gasteiger partial charge in [-0.3, -0.25) is 0 Å². The van der Waals surface area contributed by atoms with Crippen molar-refractivity contribution in [3.8, 4) is 22.3 Å². The lowest BCUT2D eigenvalue weighted by Gasteiger charge is -2.30. The van der Waals surface area contributed by atoms with Gasteiger partial charge in [-0.25, -0.2) is 0 Å². The largest absolute Gasteiger partial charge is 0.310 e. The Kier molecular flexibility index (Phi) is 26.1. The van der Waals surface area contributed by atoms with Crippen molar-refractivity contribution in [3.63, 3.8) is 0 Å². The Bertz CT molecular complexity index is 1150. The van der Waals surface area contributed by atoms with Crippen LogP contribution in [0, 0.1) is 0 Å². The van der Waals surface area contributed by atoms with Gasteiger partial charge in [0.1, 0.15) is 0 Å². The van der Waals surface area contributed by atoms with Crippen LogP contribution >= 0.6 is 0 Å². The molecular formula is C45H73N3. The summed E-state index contributed by atoms with van der Waals surface area (Å²) < 4.78 is 0. The molecule has 1 spiro atoms. The zero-order chi connectivity index (χ0) is 37.3. The molecule has 0 fully saturated rings. The molecule has 0 atom stereocenters.